The molecule has 0 aliphatic heterocycles. The monoisotopic (exact) mass is 439 g/mol. The summed E-state index contributed by atoms with van der Waals surface area (Å²) < 4.78 is 1.65. The van der Waals surface area contributed by atoms with Gasteiger partial charge in [0.2, 0.25) is 5.91 Å². The molecule has 1 amide bonds. The fraction of sp³-hybridized carbons (Fsp3) is 0.143. The molecule has 2 heterocycles. The Bertz CT molecular complexity index is 1260. The van der Waals surface area contributed by atoms with Crippen LogP contribution >= 0.6 is 23.4 Å². The zero-order chi connectivity index (χ0) is 21.1. The number of rotatable bonds is 6. The molecule has 0 bridgehead atoms. The molecular weight excluding hydrogens is 422 g/mol. The van der Waals surface area contributed by atoms with Gasteiger partial charge in [0, 0.05) is 17.8 Å². The Morgan fingerprint density at radius 2 is 2.00 bits per heavy atom. The number of aromatic amines is 1. The molecule has 0 atom stereocenters. The minimum absolute atomic E-state index is 0.0959. The maximum Gasteiger partial charge on any atom is 0.262 e. The Morgan fingerprint density at radius 3 is 2.77 bits per heavy atom. The van der Waals surface area contributed by atoms with Crippen molar-refractivity contribution in [3.8, 4) is 0 Å². The van der Waals surface area contributed by atoms with Crippen molar-refractivity contribution in [3.05, 3.63) is 81.7 Å². The van der Waals surface area contributed by atoms with Crippen molar-refractivity contribution < 1.29 is 4.79 Å². The molecule has 7 nitrogen and oxygen atoms in total. The highest BCUT2D eigenvalue weighted by Gasteiger charge is 2.15. The van der Waals surface area contributed by atoms with E-state index in [1.54, 1.807) is 22.7 Å². The van der Waals surface area contributed by atoms with Gasteiger partial charge in [-0.2, -0.15) is 5.10 Å². The van der Waals surface area contributed by atoms with Gasteiger partial charge in [0.25, 0.3) is 5.56 Å². The average Bonchev–Trinajstić information content (AvgIpc) is 3.15. The number of H-pyrrole nitrogens is 1. The Hall–Kier alpha value is -3.10. The van der Waals surface area contributed by atoms with Gasteiger partial charge in [-0.3, -0.25) is 9.59 Å². The Morgan fingerprint density at radius 1 is 1.20 bits per heavy atom. The van der Waals surface area contributed by atoms with Crippen LogP contribution in [-0.2, 0) is 11.3 Å². The number of anilines is 1. The van der Waals surface area contributed by atoms with Gasteiger partial charge < -0.3 is 9.88 Å². The number of nitrogens with one attached hydrogen (secondary N) is 1. The number of hydrogen-bond donors (Lipinski definition) is 1. The number of carbonyl (C=O) groups is 1. The van der Waals surface area contributed by atoms with Crippen LogP contribution in [0.3, 0.4) is 0 Å². The smallest absolute Gasteiger partial charge is 0.262 e. The lowest BCUT2D eigenvalue weighted by Crippen LogP contribution is -2.28. The number of aromatic nitrogens is 4. The standard InChI is InChI=1S/C21H18ClN5O2S/c1-26(16-8-3-2-4-9-16)18(28)13-30-21-24-19-17(20(29)25-21)11-23-27(19)12-14-6-5-7-15(22)10-14/h2-11H,12-13H2,1H3,(H,24,25,29). The predicted molar refractivity (Wildman–Crippen MR) is 119 cm³/mol. The van der Waals surface area contributed by atoms with Gasteiger partial charge in [-0.15, -0.1) is 0 Å². The highest BCUT2D eigenvalue weighted by molar-refractivity contribution is 7.99. The summed E-state index contributed by atoms with van der Waals surface area (Å²) in [4.78, 5) is 33.8. The van der Waals surface area contributed by atoms with Crippen molar-refractivity contribution in [2.45, 2.75) is 11.7 Å². The molecule has 0 aliphatic rings. The van der Waals surface area contributed by atoms with Crippen LogP contribution in [0.15, 0.2) is 70.7 Å². The maximum atomic E-state index is 12.5. The maximum absolute atomic E-state index is 12.5. The number of halogens is 1. The van der Waals surface area contributed by atoms with E-state index in [0.29, 0.717) is 27.8 Å². The number of para-hydroxylation sites is 1. The van der Waals surface area contributed by atoms with Crippen LogP contribution in [-0.4, -0.2) is 38.5 Å². The highest BCUT2D eigenvalue weighted by atomic mass is 35.5. The quantitative estimate of drug-likeness (QED) is 0.366. The number of thioether (sulfide) groups is 1. The first-order chi connectivity index (χ1) is 14.5. The Kier molecular flexibility index (Phi) is 5.87. The largest absolute Gasteiger partial charge is 0.315 e. The predicted octanol–water partition coefficient (Wildman–Crippen LogP) is 3.58. The van der Waals surface area contributed by atoms with Crippen molar-refractivity contribution in [3.63, 3.8) is 0 Å². The van der Waals surface area contributed by atoms with E-state index in [9.17, 15) is 9.59 Å². The molecule has 2 aromatic carbocycles. The van der Waals surface area contributed by atoms with E-state index in [1.165, 1.54) is 18.0 Å². The molecule has 1 N–H and O–H groups in total. The van der Waals surface area contributed by atoms with Gasteiger partial charge in [0.1, 0.15) is 5.39 Å². The second-order valence-electron chi connectivity index (χ2n) is 6.62. The fourth-order valence-electron chi connectivity index (χ4n) is 2.96. The SMILES string of the molecule is CN(C(=O)CSc1nc2c(cnn2Cc2cccc(Cl)c2)c(=O)[nH]1)c1ccccc1. The van der Waals surface area contributed by atoms with Gasteiger partial charge in [-0.25, -0.2) is 9.67 Å². The number of benzene rings is 2. The molecule has 0 saturated heterocycles. The van der Waals surface area contributed by atoms with Crippen LogP contribution in [0.4, 0.5) is 5.69 Å². The molecule has 4 rings (SSSR count). The van der Waals surface area contributed by atoms with Gasteiger partial charge >= 0.3 is 0 Å². The Labute approximate surface area is 181 Å². The first kappa shape index (κ1) is 20.2. The van der Waals surface area contributed by atoms with E-state index < -0.39 is 0 Å². The van der Waals surface area contributed by atoms with Crippen molar-refractivity contribution in [2.75, 3.05) is 17.7 Å². The molecule has 152 valence electrons. The van der Waals surface area contributed by atoms with E-state index >= 15 is 0 Å². The van der Waals surface area contributed by atoms with E-state index in [2.05, 4.69) is 15.1 Å². The van der Waals surface area contributed by atoms with Crippen LogP contribution in [0, 0.1) is 0 Å². The second kappa shape index (κ2) is 8.73. The molecule has 2 aromatic heterocycles. The van der Waals surface area contributed by atoms with Crippen LogP contribution in [0.2, 0.25) is 5.02 Å². The minimum Gasteiger partial charge on any atom is -0.315 e. The van der Waals surface area contributed by atoms with Crippen molar-refractivity contribution >= 4 is 46.0 Å². The molecular formula is C21H18ClN5O2S. The van der Waals surface area contributed by atoms with Crippen LogP contribution in [0.25, 0.3) is 11.0 Å². The van der Waals surface area contributed by atoms with E-state index in [0.717, 1.165) is 11.3 Å². The summed E-state index contributed by atoms with van der Waals surface area (Å²) in [5.74, 6) is 0.0452. The van der Waals surface area contributed by atoms with Crippen molar-refractivity contribution in [1.29, 1.82) is 0 Å². The van der Waals surface area contributed by atoms with E-state index in [4.69, 9.17) is 11.6 Å². The van der Waals surface area contributed by atoms with Crippen molar-refractivity contribution in [1.82, 2.24) is 19.7 Å². The first-order valence-electron chi connectivity index (χ1n) is 9.16. The number of nitrogens with zero attached hydrogens (tertiary/aromatic N) is 4. The molecule has 4 aromatic rings. The summed E-state index contributed by atoms with van der Waals surface area (Å²) in [6.45, 7) is 0.431. The lowest BCUT2D eigenvalue weighted by molar-refractivity contribution is -0.115. The average molecular weight is 440 g/mol. The molecule has 0 unspecified atom stereocenters. The lowest BCUT2D eigenvalue weighted by atomic mass is 10.2. The third kappa shape index (κ3) is 4.39. The summed E-state index contributed by atoms with van der Waals surface area (Å²) in [6, 6.07) is 16.8. The van der Waals surface area contributed by atoms with Gasteiger partial charge in [-0.1, -0.05) is 53.7 Å². The molecule has 0 aliphatic carbocycles. The van der Waals surface area contributed by atoms with Crippen LogP contribution in [0.1, 0.15) is 5.56 Å². The number of fused-ring (bicyclic) bond motifs is 1. The highest BCUT2D eigenvalue weighted by Crippen LogP contribution is 2.19. The van der Waals surface area contributed by atoms with Crippen LogP contribution < -0.4 is 10.5 Å². The number of carbonyl (C=O) groups excluding carboxylic acids is 1. The molecule has 0 fully saturated rings. The summed E-state index contributed by atoms with van der Waals surface area (Å²) in [5, 5.41) is 5.69. The minimum atomic E-state index is -0.288. The zero-order valence-electron chi connectivity index (χ0n) is 16.1. The summed E-state index contributed by atoms with van der Waals surface area (Å²) in [5.41, 5.74) is 1.93. The summed E-state index contributed by atoms with van der Waals surface area (Å²) >= 11 is 7.24. The van der Waals surface area contributed by atoms with Crippen LogP contribution in [0.5, 0.6) is 0 Å². The topological polar surface area (TPSA) is 83.9 Å². The van der Waals surface area contributed by atoms with E-state index in [1.807, 2.05) is 48.5 Å². The lowest BCUT2D eigenvalue weighted by Gasteiger charge is -2.16. The molecule has 0 saturated carbocycles. The third-order valence-corrected chi connectivity index (χ3v) is 5.65. The molecule has 9 heteroatoms. The van der Waals surface area contributed by atoms with Gasteiger partial charge in [-0.05, 0) is 29.8 Å². The molecule has 30 heavy (non-hydrogen) atoms. The number of hydrogen-bond acceptors (Lipinski definition) is 5. The van der Waals surface area contributed by atoms with E-state index in [-0.39, 0.29) is 17.2 Å². The number of amides is 1. The summed E-state index contributed by atoms with van der Waals surface area (Å²) in [6.07, 6.45) is 1.49. The second-order valence-corrected chi connectivity index (χ2v) is 8.02. The normalized spacial score (nSPS) is 11.0. The molecule has 0 radical (unpaired) electrons. The van der Waals surface area contributed by atoms with Gasteiger partial charge in [0.05, 0.1) is 18.5 Å². The first-order valence-corrected chi connectivity index (χ1v) is 10.5. The summed E-state index contributed by atoms with van der Waals surface area (Å²) in [7, 11) is 1.72. The van der Waals surface area contributed by atoms with Crippen molar-refractivity contribution in [2.24, 2.45) is 0 Å². The molecule has 0 spiro atoms. The fourth-order valence-corrected chi connectivity index (χ4v) is 3.94. The zero-order valence-corrected chi connectivity index (χ0v) is 17.7. The van der Waals surface area contributed by atoms with Gasteiger partial charge in [0.15, 0.2) is 10.8 Å². The third-order valence-electron chi connectivity index (χ3n) is 4.56. The Balaban J connectivity index is 1.53.